The second kappa shape index (κ2) is 7.69. The zero-order chi connectivity index (χ0) is 16.9. The summed E-state index contributed by atoms with van der Waals surface area (Å²) in [5.74, 6) is -0.675. The van der Waals surface area contributed by atoms with Gasteiger partial charge in [0.1, 0.15) is 0 Å². The number of nitrogens with zero attached hydrogens (tertiary/aromatic N) is 3. The number of para-hydroxylation sites is 1. The lowest BCUT2D eigenvalue weighted by molar-refractivity contribution is -0.152. The molecule has 130 valence electrons. The van der Waals surface area contributed by atoms with Gasteiger partial charge >= 0.3 is 11.8 Å². The average molecular weight is 329 g/mol. The van der Waals surface area contributed by atoms with E-state index in [-0.39, 0.29) is 17.9 Å². The molecular formula is C19H27N3O2. The van der Waals surface area contributed by atoms with Gasteiger partial charge in [-0.15, -0.1) is 0 Å². The third-order valence-electron chi connectivity index (χ3n) is 5.31. The van der Waals surface area contributed by atoms with Crippen molar-refractivity contribution in [3.05, 3.63) is 30.3 Å². The van der Waals surface area contributed by atoms with Crippen LogP contribution in [0, 0.1) is 0 Å². The van der Waals surface area contributed by atoms with E-state index in [1.54, 1.807) is 16.8 Å². The molecule has 24 heavy (non-hydrogen) atoms. The molecule has 5 heteroatoms. The average Bonchev–Trinajstić information content (AvgIpc) is 2.68. The number of carbonyl (C=O) groups excluding carboxylic acids is 2. The van der Waals surface area contributed by atoms with Gasteiger partial charge in [0.25, 0.3) is 0 Å². The van der Waals surface area contributed by atoms with Crippen molar-refractivity contribution in [3.63, 3.8) is 0 Å². The zero-order valence-corrected chi connectivity index (χ0v) is 14.5. The van der Waals surface area contributed by atoms with E-state index in [1.165, 1.54) is 12.1 Å². The van der Waals surface area contributed by atoms with Crippen LogP contribution in [-0.2, 0) is 9.59 Å². The zero-order valence-electron chi connectivity index (χ0n) is 14.5. The van der Waals surface area contributed by atoms with Crippen LogP contribution in [0.1, 0.15) is 32.1 Å². The minimum absolute atomic E-state index is 0.237. The van der Waals surface area contributed by atoms with Gasteiger partial charge in [-0.2, -0.15) is 0 Å². The Morgan fingerprint density at radius 3 is 2.21 bits per heavy atom. The van der Waals surface area contributed by atoms with Crippen molar-refractivity contribution in [3.8, 4) is 0 Å². The van der Waals surface area contributed by atoms with E-state index in [0.717, 1.165) is 38.8 Å². The van der Waals surface area contributed by atoms with Crippen LogP contribution in [0.25, 0.3) is 0 Å². The van der Waals surface area contributed by atoms with Crippen LogP contribution >= 0.6 is 0 Å². The van der Waals surface area contributed by atoms with Crippen molar-refractivity contribution in [2.45, 2.75) is 38.1 Å². The lowest BCUT2D eigenvalue weighted by Crippen LogP contribution is -2.54. The molecule has 0 spiro atoms. The third kappa shape index (κ3) is 3.71. The molecule has 2 fully saturated rings. The Balaban J connectivity index is 1.53. The Hall–Kier alpha value is -2.04. The van der Waals surface area contributed by atoms with Gasteiger partial charge in [-0.25, -0.2) is 0 Å². The van der Waals surface area contributed by atoms with E-state index in [9.17, 15) is 9.59 Å². The van der Waals surface area contributed by atoms with E-state index < -0.39 is 0 Å². The Morgan fingerprint density at radius 1 is 0.958 bits per heavy atom. The monoisotopic (exact) mass is 329 g/mol. The lowest BCUT2D eigenvalue weighted by Gasteiger charge is -2.37. The number of benzene rings is 1. The Kier molecular flexibility index (Phi) is 5.38. The van der Waals surface area contributed by atoms with Crippen molar-refractivity contribution >= 4 is 17.5 Å². The first-order chi connectivity index (χ1) is 11.7. The van der Waals surface area contributed by atoms with E-state index in [1.807, 2.05) is 18.2 Å². The number of anilines is 1. The van der Waals surface area contributed by atoms with Crippen molar-refractivity contribution in [2.75, 3.05) is 38.1 Å². The fraction of sp³-hybridized carbons (Fsp3) is 0.579. The number of rotatable bonds is 2. The predicted octanol–water partition coefficient (Wildman–Crippen LogP) is 2.13. The van der Waals surface area contributed by atoms with Crippen LogP contribution < -0.4 is 4.90 Å². The summed E-state index contributed by atoms with van der Waals surface area (Å²) in [6.45, 7) is 2.77. The molecule has 2 aliphatic rings. The van der Waals surface area contributed by atoms with E-state index in [4.69, 9.17) is 0 Å². The molecule has 0 aromatic heterocycles. The molecule has 1 saturated heterocycles. The maximum atomic E-state index is 12.5. The minimum Gasteiger partial charge on any atom is -0.368 e. The highest BCUT2D eigenvalue weighted by molar-refractivity contribution is 6.34. The smallest absolute Gasteiger partial charge is 0.312 e. The molecule has 1 heterocycles. The number of carbonyl (C=O) groups is 2. The largest absolute Gasteiger partial charge is 0.368 e. The summed E-state index contributed by atoms with van der Waals surface area (Å²) >= 11 is 0. The van der Waals surface area contributed by atoms with Gasteiger partial charge in [0.05, 0.1) is 0 Å². The number of amides is 2. The van der Waals surface area contributed by atoms with Crippen molar-refractivity contribution in [2.24, 2.45) is 0 Å². The van der Waals surface area contributed by atoms with Gasteiger partial charge in [-0.3, -0.25) is 9.59 Å². The standard InChI is InChI=1S/C19H27N3O2/c1-20(16-8-4-2-5-9-16)18(23)19(24)22-14-12-21(13-15-22)17-10-6-3-7-11-17/h3,6-7,10-11,16H,2,4-5,8-9,12-15H2,1H3. The van der Waals surface area contributed by atoms with Gasteiger partial charge in [-0.1, -0.05) is 37.5 Å². The van der Waals surface area contributed by atoms with Crippen LogP contribution in [0.4, 0.5) is 5.69 Å². The molecule has 0 unspecified atom stereocenters. The van der Waals surface area contributed by atoms with Gasteiger partial charge in [0, 0.05) is 45.0 Å². The van der Waals surface area contributed by atoms with E-state index in [2.05, 4.69) is 17.0 Å². The number of likely N-dealkylation sites (N-methyl/N-ethyl adjacent to an activating group) is 1. The molecule has 0 radical (unpaired) electrons. The number of hydrogen-bond acceptors (Lipinski definition) is 3. The first kappa shape index (κ1) is 16.8. The number of hydrogen-bond donors (Lipinski definition) is 0. The second-order valence-electron chi connectivity index (χ2n) is 6.82. The molecule has 1 aromatic carbocycles. The summed E-state index contributed by atoms with van der Waals surface area (Å²) in [6.07, 6.45) is 5.61. The second-order valence-corrected chi connectivity index (χ2v) is 6.82. The van der Waals surface area contributed by atoms with Crippen LogP contribution in [0.15, 0.2) is 30.3 Å². The summed E-state index contributed by atoms with van der Waals surface area (Å²) < 4.78 is 0. The molecule has 1 aliphatic heterocycles. The maximum absolute atomic E-state index is 12.5. The van der Waals surface area contributed by atoms with Crippen LogP contribution in [0.3, 0.4) is 0 Å². The highest BCUT2D eigenvalue weighted by atomic mass is 16.2. The quantitative estimate of drug-likeness (QED) is 0.781. The SMILES string of the molecule is CN(C(=O)C(=O)N1CCN(c2ccccc2)CC1)C1CCCCC1. The molecule has 0 N–H and O–H groups in total. The highest BCUT2D eigenvalue weighted by Crippen LogP contribution is 2.22. The first-order valence-electron chi connectivity index (χ1n) is 9.03. The fourth-order valence-corrected chi connectivity index (χ4v) is 3.73. The summed E-state index contributed by atoms with van der Waals surface area (Å²) in [5, 5.41) is 0. The molecule has 1 aromatic rings. The third-order valence-corrected chi connectivity index (χ3v) is 5.31. The minimum atomic E-state index is -0.338. The normalized spacial score (nSPS) is 19.2. The van der Waals surface area contributed by atoms with Crippen LogP contribution in [0.2, 0.25) is 0 Å². The molecule has 1 aliphatic carbocycles. The summed E-state index contributed by atoms with van der Waals surface area (Å²) in [6, 6.07) is 10.5. The lowest BCUT2D eigenvalue weighted by atomic mass is 9.94. The summed E-state index contributed by atoms with van der Waals surface area (Å²) in [5.41, 5.74) is 1.18. The Labute approximate surface area is 144 Å². The predicted molar refractivity (Wildman–Crippen MR) is 94.9 cm³/mol. The summed E-state index contributed by atoms with van der Waals surface area (Å²) in [7, 11) is 1.79. The molecule has 1 saturated carbocycles. The Bertz CT molecular complexity index is 561. The maximum Gasteiger partial charge on any atom is 0.312 e. The molecule has 2 amide bonds. The van der Waals surface area contributed by atoms with Gasteiger partial charge in [-0.05, 0) is 25.0 Å². The van der Waals surface area contributed by atoms with Crippen LogP contribution in [0.5, 0.6) is 0 Å². The Morgan fingerprint density at radius 2 is 1.58 bits per heavy atom. The molecule has 3 rings (SSSR count). The van der Waals surface area contributed by atoms with Crippen molar-refractivity contribution < 1.29 is 9.59 Å². The molecule has 0 atom stereocenters. The van der Waals surface area contributed by atoms with Gasteiger partial charge < -0.3 is 14.7 Å². The molecule has 0 bridgehead atoms. The van der Waals surface area contributed by atoms with Crippen molar-refractivity contribution in [1.82, 2.24) is 9.80 Å². The topological polar surface area (TPSA) is 43.9 Å². The van der Waals surface area contributed by atoms with E-state index >= 15 is 0 Å². The first-order valence-corrected chi connectivity index (χ1v) is 9.03. The van der Waals surface area contributed by atoms with Crippen LogP contribution in [-0.4, -0.2) is 60.9 Å². The van der Waals surface area contributed by atoms with Gasteiger partial charge in [0.15, 0.2) is 0 Å². The summed E-state index contributed by atoms with van der Waals surface area (Å²) in [4.78, 5) is 30.7. The number of piperazine rings is 1. The fourth-order valence-electron chi connectivity index (χ4n) is 3.73. The van der Waals surface area contributed by atoms with Gasteiger partial charge in [0.2, 0.25) is 0 Å². The van der Waals surface area contributed by atoms with E-state index in [0.29, 0.717) is 13.1 Å². The molecular weight excluding hydrogens is 302 g/mol. The van der Waals surface area contributed by atoms with Crippen molar-refractivity contribution in [1.29, 1.82) is 0 Å². The highest BCUT2D eigenvalue weighted by Gasteiger charge is 2.31. The molecule has 5 nitrogen and oxygen atoms in total.